The van der Waals surface area contributed by atoms with Crippen LogP contribution in [0.4, 0.5) is 0 Å². The van der Waals surface area contributed by atoms with E-state index < -0.39 is 6.04 Å². The summed E-state index contributed by atoms with van der Waals surface area (Å²) in [4.78, 5) is 11.9. The fourth-order valence-electron chi connectivity index (χ4n) is 2.13. The van der Waals surface area contributed by atoms with E-state index in [0.717, 1.165) is 22.6 Å². The number of amides is 1. The number of halogens is 1. The van der Waals surface area contributed by atoms with Crippen molar-refractivity contribution >= 4 is 30.1 Å². The molecule has 3 N–H and O–H groups in total. The first-order valence-electron chi connectivity index (χ1n) is 7.97. The minimum absolute atomic E-state index is 0. The maximum atomic E-state index is 11.9. The maximum absolute atomic E-state index is 11.9. The van der Waals surface area contributed by atoms with E-state index >= 15 is 0 Å². The number of nitrogens with two attached hydrogens (primary N) is 1. The molecule has 0 aliphatic rings. The molecule has 0 fully saturated rings. The van der Waals surface area contributed by atoms with Crippen molar-refractivity contribution in [2.75, 3.05) is 12.0 Å². The first-order valence-corrected chi connectivity index (χ1v) is 9.36. The molecular formula is C19H25ClN2O2S. The summed E-state index contributed by atoms with van der Waals surface area (Å²) in [5.74, 6) is 1.65. The Labute approximate surface area is 159 Å². The average Bonchev–Trinajstić information content (AvgIpc) is 2.64. The molecule has 25 heavy (non-hydrogen) atoms. The second-order valence-electron chi connectivity index (χ2n) is 5.52. The lowest BCUT2D eigenvalue weighted by atomic mass is 10.1. The van der Waals surface area contributed by atoms with E-state index in [0.29, 0.717) is 19.6 Å². The van der Waals surface area contributed by atoms with Crippen LogP contribution in [-0.4, -0.2) is 24.0 Å². The Morgan fingerprint density at radius 1 is 1.12 bits per heavy atom. The lowest BCUT2D eigenvalue weighted by Crippen LogP contribution is -2.40. The van der Waals surface area contributed by atoms with Gasteiger partial charge < -0.3 is 15.8 Å². The summed E-state index contributed by atoms with van der Waals surface area (Å²) in [6.07, 6.45) is 2.70. The Hall–Kier alpha value is -1.69. The van der Waals surface area contributed by atoms with Crippen molar-refractivity contribution in [3.05, 3.63) is 65.7 Å². The molecule has 0 heterocycles. The minimum Gasteiger partial charge on any atom is -0.489 e. The number of carbonyl (C=O) groups is 1. The summed E-state index contributed by atoms with van der Waals surface area (Å²) in [5.41, 5.74) is 7.98. The molecule has 0 unspecified atom stereocenters. The van der Waals surface area contributed by atoms with Crippen LogP contribution in [-0.2, 0) is 17.9 Å². The van der Waals surface area contributed by atoms with E-state index in [4.69, 9.17) is 10.5 Å². The lowest BCUT2D eigenvalue weighted by molar-refractivity contribution is -0.122. The summed E-state index contributed by atoms with van der Waals surface area (Å²) < 4.78 is 5.71. The van der Waals surface area contributed by atoms with Gasteiger partial charge in [0, 0.05) is 6.54 Å². The Morgan fingerprint density at radius 2 is 1.76 bits per heavy atom. The quantitative estimate of drug-likeness (QED) is 0.699. The third kappa shape index (κ3) is 7.82. The second-order valence-corrected chi connectivity index (χ2v) is 6.51. The van der Waals surface area contributed by atoms with E-state index in [1.807, 2.05) is 60.9 Å². The zero-order chi connectivity index (χ0) is 17.2. The van der Waals surface area contributed by atoms with Crippen LogP contribution in [0, 0.1) is 0 Å². The van der Waals surface area contributed by atoms with Crippen LogP contribution < -0.4 is 15.8 Å². The van der Waals surface area contributed by atoms with E-state index in [2.05, 4.69) is 5.32 Å². The van der Waals surface area contributed by atoms with Gasteiger partial charge in [0.25, 0.3) is 0 Å². The zero-order valence-corrected chi connectivity index (χ0v) is 15.9. The van der Waals surface area contributed by atoms with Crippen molar-refractivity contribution in [1.29, 1.82) is 0 Å². The van der Waals surface area contributed by atoms with Crippen LogP contribution in [0.15, 0.2) is 54.6 Å². The Kier molecular flexibility index (Phi) is 10.1. The molecule has 0 aromatic heterocycles. The van der Waals surface area contributed by atoms with Crippen molar-refractivity contribution in [2.45, 2.75) is 25.6 Å². The van der Waals surface area contributed by atoms with Crippen LogP contribution in [0.1, 0.15) is 17.5 Å². The normalized spacial score (nSPS) is 11.3. The molecule has 0 saturated carbocycles. The number of nitrogens with one attached hydrogen (secondary N) is 1. The van der Waals surface area contributed by atoms with Gasteiger partial charge in [-0.2, -0.15) is 11.8 Å². The second kappa shape index (κ2) is 11.8. The number of ether oxygens (including phenoxy) is 1. The molecule has 4 nitrogen and oxygen atoms in total. The number of para-hydroxylation sites is 1. The summed E-state index contributed by atoms with van der Waals surface area (Å²) in [5, 5.41) is 2.88. The van der Waals surface area contributed by atoms with Gasteiger partial charge in [0.2, 0.25) is 5.91 Å². The van der Waals surface area contributed by atoms with Gasteiger partial charge >= 0.3 is 0 Å². The number of benzene rings is 2. The van der Waals surface area contributed by atoms with Crippen molar-refractivity contribution in [2.24, 2.45) is 5.73 Å². The Balaban J connectivity index is 0.00000312. The Morgan fingerprint density at radius 3 is 2.40 bits per heavy atom. The number of hydrogen-bond donors (Lipinski definition) is 2. The number of thioether (sulfide) groups is 1. The Bertz CT molecular complexity index is 623. The third-order valence-corrected chi connectivity index (χ3v) is 4.25. The standard InChI is InChI=1S/C19H24N2O2S.ClH/c1-24-12-11-18(20)19(22)21-13-15-7-9-16(10-8-15)14-23-17-5-3-2-4-6-17;/h2-10,18H,11-14,20H2,1H3,(H,21,22);1H/t18-;/m0./s1. The molecule has 0 saturated heterocycles. The highest BCUT2D eigenvalue weighted by Gasteiger charge is 2.12. The minimum atomic E-state index is -0.434. The smallest absolute Gasteiger partial charge is 0.237 e. The van der Waals surface area contributed by atoms with Crippen LogP contribution in [0.25, 0.3) is 0 Å². The molecule has 1 atom stereocenters. The molecule has 1 amide bonds. The van der Waals surface area contributed by atoms with Gasteiger partial charge in [-0.15, -0.1) is 12.4 Å². The molecular weight excluding hydrogens is 356 g/mol. The van der Waals surface area contributed by atoms with Gasteiger partial charge in [-0.25, -0.2) is 0 Å². The van der Waals surface area contributed by atoms with Crippen LogP contribution in [0.2, 0.25) is 0 Å². The van der Waals surface area contributed by atoms with Crippen molar-refractivity contribution < 1.29 is 9.53 Å². The molecule has 136 valence electrons. The van der Waals surface area contributed by atoms with Crippen LogP contribution in [0.3, 0.4) is 0 Å². The highest BCUT2D eigenvalue weighted by Crippen LogP contribution is 2.12. The maximum Gasteiger partial charge on any atom is 0.237 e. The van der Waals surface area contributed by atoms with E-state index in [-0.39, 0.29) is 18.3 Å². The highest BCUT2D eigenvalue weighted by atomic mass is 35.5. The summed E-state index contributed by atoms with van der Waals surface area (Å²) in [6.45, 7) is 1.02. The molecule has 0 aliphatic carbocycles. The predicted octanol–water partition coefficient (Wildman–Crippen LogP) is 3.38. The van der Waals surface area contributed by atoms with Gasteiger partial charge in [0.15, 0.2) is 0 Å². The van der Waals surface area contributed by atoms with Crippen molar-refractivity contribution in [3.63, 3.8) is 0 Å². The molecule has 0 bridgehead atoms. The predicted molar refractivity (Wildman–Crippen MR) is 107 cm³/mol. The number of rotatable bonds is 9. The van der Waals surface area contributed by atoms with Crippen LogP contribution >= 0.6 is 24.2 Å². The van der Waals surface area contributed by atoms with E-state index in [9.17, 15) is 4.79 Å². The van der Waals surface area contributed by atoms with Crippen molar-refractivity contribution in [3.8, 4) is 5.75 Å². The average molecular weight is 381 g/mol. The number of hydrogen-bond acceptors (Lipinski definition) is 4. The molecule has 2 aromatic rings. The first-order chi connectivity index (χ1) is 11.7. The van der Waals surface area contributed by atoms with E-state index in [1.54, 1.807) is 11.8 Å². The molecule has 0 radical (unpaired) electrons. The zero-order valence-electron chi connectivity index (χ0n) is 14.3. The third-order valence-electron chi connectivity index (χ3n) is 3.61. The van der Waals surface area contributed by atoms with Gasteiger partial charge in [-0.05, 0) is 41.7 Å². The molecule has 0 aliphatic heterocycles. The first kappa shape index (κ1) is 21.4. The largest absolute Gasteiger partial charge is 0.489 e. The van der Waals surface area contributed by atoms with Gasteiger partial charge in [-0.3, -0.25) is 4.79 Å². The van der Waals surface area contributed by atoms with Crippen molar-refractivity contribution in [1.82, 2.24) is 5.32 Å². The summed E-state index contributed by atoms with van der Waals surface area (Å²) in [7, 11) is 0. The fourth-order valence-corrected chi connectivity index (χ4v) is 2.62. The van der Waals surface area contributed by atoms with Crippen LogP contribution in [0.5, 0.6) is 5.75 Å². The summed E-state index contributed by atoms with van der Waals surface area (Å²) >= 11 is 1.69. The molecule has 2 rings (SSSR count). The number of carbonyl (C=O) groups excluding carboxylic acids is 1. The highest BCUT2D eigenvalue weighted by molar-refractivity contribution is 7.98. The molecule has 0 spiro atoms. The SMILES string of the molecule is CSCC[C@H](N)C(=O)NCc1ccc(COc2ccccc2)cc1.Cl. The lowest BCUT2D eigenvalue weighted by Gasteiger charge is -2.12. The topological polar surface area (TPSA) is 64.4 Å². The monoisotopic (exact) mass is 380 g/mol. The van der Waals surface area contributed by atoms with E-state index in [1.165, 1.54) is 0 Å². The summed E-state index contributed by atoms with van der Waals surface area (Å²) in [6, 6.07) is 17.3. The van der Waals surface area contributed by atoms with Gasteiger partial charge in [-0.1, -0.05) is 42.5 Å². The van der Waals surface area contributed by atoms with Gasteiger partial charge in [0.1, 0.15) is 12.4 Å². The fraction of sp³-hybridized carbons (Fsp3) is 0.316. The molecule has 6 heteroatoms. The van der Waals surface area contributed by atoms with Gasteiger partial charge in [0.05, 0.1) is 6.04 Å². The molecule has 2 aromatic carbocycles.